The molecule has 2 amide bonds. The molecule has 1 aliphatic heterocycles. The van der Waals surface area contributed by atoms with Crippen LogP contribution in [0.5, 0.6) is 0 Å². The van der Waals surface area contributed by atoms with Gasteiger partial charge in [0.25, 0.3) is 11.8 Å². The first-order valence-corrected chi connectivity index (χ1v) is 10.1. The topological polar surface area (TPSA) is 52.7 Å². The highest BCUT2D eigenvalue weighted by atomic mass is 35.5. The second-order valence-corrected chi connectivity index (χ2v) is 7.26. The number of carbonyl (C=O) groups excluding carboxylic acids is 2. The molecular weight excluding hydrogens is 374 g/mol. The van der Waals surface area contributed by atoms with Crippen LogP contribution in [0.25, 0.3) is 0 Å². The van der Waals surface area contributed by atoms with E-state index in [0.717, 1.165) is 12.1 Å². The van der Waals surface area contributed by atoms with Crippen LogP contribution < -0.4 is 5.32 Å². The zero-order valence-corrected chi connectivity index (χ0v) is 17.1. The molecule has 1 N–H and O–H groups in total. The van der Waals surface area contributed by atoms with Crippen LogP contribution in [0.1, 0.15) is 46.2 Å². The zero-order chi connectivity index (χ0) is 20.1. The lowest BCUT2D eigenvalue weighted by Gasteiger charge is -2.36. The first-order chi connectivity index (χ1) is 13.5. The Kier molecular flexibility index (Phi) is 6.70. The van der Waals surface area contributed by atoms with Crippen molar-refractivity contribution in [2.75, 3.05) is 32.7 Å². The molecular formula is C22H26ClN3O2. The Labute approximate surface area is 171 Å². The van der Waals surface area contributed by atoms with Gasteiger partial charge < -0.3 is 15.1 Å². The van der Waals surface area contributed by atoms with Gasteiger partial charge in [-0.05, 0) is 55.8 Å². The maximum Gasteiger partial charge on any atom is 0.254 e. The number of nitrogens with zero attached hydrogens (tertiary/aromatic N) is 2. The Morgan fingerprint density at radius 2 is 1.79 bits per heavy atom. The predicted octanol–water partition coefficient (Wildman–Crippen LogP) is 3.61. The predicted molar refractivity (Wildman–Crippen MR) is 112 cm³/mol. The van der Waals surface area contributed by atoms with Crippen molar-refractivity contribution in [3.05, 3.63) is 70.2 Å². The second kappa shape index (κ2) is 9.22. The summed E-state index contributed by atoms with van der Waals surface area (Å²) in [4.78, 5) is 29.3. The standard InChI is InChI=1S/C22H26ClN3O2/c1-3-25(4-2)21(27)16-8-10-17(11-9-16)22(28)26-13-12-24-15-20(26)18-6-5-7-19(23)14-18/h5-11,14,20,24H,3-4,12-13,15H2,1-2H3. The zero-order valence-electron chi connectivity index (χ0n) is 16.3. The van der Waals surface area contributed by atoms with Crippen molar-refractivity contribution < 1.29 is 9.59 Å². The molecule has 1 heterocycles. The van der Waals surface area contributed by atoms with Crippen molar-refractivity contribution in [3.63, 3.8) is 0 Å². The normalized spacial score (nSPS) is 16.7. The van der Waals surface area contributed by atoms with Gasteiger partial charge in [0.15, 0.2) is 0 Å². The van der Waals surface area contributed by atoms with Crippen LogP contribution in [0.4, 0.5) is 0 Å². The summed E-state index contributed by atoms with van der Waals surface area (Å²) in [5.74, 6) is -0.0451. The summed E-state index contributed by atoms with van der Waals surface area (Å²) >= 11 is 6.15. The Balaban J connectivity index is 1.80. The van der Waals surface area contributed by atoms with Gasteiger partial charge in [-0.25, -0.2) is 0 Å². The highest BCUT2D eigenvalue weighted by Gasteiger charge is 2.29. The molecule has 0 spiro atoms. The van der Waals surface area contributed by atoms with E-state index in [1.165, 1.54) is 0 Å². The molecule has 0 bridgehead atoms. The average molecular weight is 400 g/mol. The average Bonchev–Trinajstić information content (AvgIpc) is 2.74. The molecule has 1 fully saturated rings. The Morgan fingerprint density at radius 3 is 2.43 bits per heavy atom. The van der Waals surface area contributed by atoms with Crippen LogP contribution in [0.3, 0.4) is 0 Å². The summed E-state index contributed by atoms with van der Waals surface area (Å²) in [5.41, 5.74) is 2.21. The van der Waals surface area contributed by atoms with E-state index in [2.05, 4.69) is 5.32 Å². The summed E-state index contributed by atoms with van der Waals surface area (Å²) in [6.45, 7) is 7.30. The summed E-state index contributed by atoms with van der Waals surface area (Å²) in [7, 11) is 0. The number of halogens is 1. The summed E-state index contributed by atoms with van der Waals surface area (Å²) in [6, 6.07) is 14.5. The van der Waals surface area contributed by atoms with Gasteiger partial charge in [-0.3, -0.25) is 9.59 Å². The molecule has 1 saturated heterocycles. The van der Waals surface area contributed by atoms with E-state index in [9.17, 15) is 9.59 Å². The van der Waals surface area contributed by atoms with Crippen LogP contribution in [0.2, 0.25) is 5.02 Å². The third-order valence-corrected chi connectivity index (χ3v) is 5.40. The number of hydrogen-bond acceptors (Lipinski definition) is 3. The summed E-state index contributed by atoms with van der Waals surface area (Å²) in [5, 5.41) is 4.01. The molecule has 0 radical (unpaired) electrons. The van der Waals surface area contributed by atoms with Gasteiger partial charge in [-0.2, -0.15) is 0 Å². The minimum Gasteiger partial charge on any atom is -0.339 e. The number of hydrogen-bond donors (Lipinski definition) is 1. The van der Waals surface area contributed by atoms with E-state index in [1.54, 1.807) is 29.2 Å². The molecule has 2 aromatic carbocycles. The first-order valence-electron chi connectivity index (χ1n) is 9.71. The van der Waals surface area contributed by atoms with Crippen molar-refractivity contribution >= 4 is 23.4 Å². The molecule has 2 aromatic rings. The Hall–Kier alpha value is -2.37. The number of piperazine rings is 1. The number of carbonyl (C=O) groups is 2. The van der Waals surface area contributed by atoms with Gasteiger partial charge in [-0.1, -0.05) is 23.7 Å². The van der Waals surface area contributed by atoms with E-state index in [0.29, 0.717) is 42.3 Å². The van der Waals surface area contributed by atoms with E-state index < -0.39 is 0 Å². The molecule has 1 aliphatic rings. The fourth-order valence-electron chi connectivity index (χ4n) is 3.57. The molecule has 5 nitrogen and oxygen atoms in total. The molecule has 148 valence electrons. The Morgan fingerprint density at radius 1 is 1.11 bits per heavy atom. The van der Waals surface area contributed by atoms with Gasteiger partial charge in [-0.15, -0.1) is 0 Å². The lowest BCUT2D eigenvalue weighted by Crippen LogP contribution is -2.48. The maximum atomic E-state index is 13.2. The van der Waals surface area contributed by atoms with Crippen LogP contribution >= 0.6 is 11.6 Å². The molecule has 1 unspecified atom stereocenters. The minimum atomic E-state index is -0.0723. The van der Waals surface area contributed by atoms with Crippen molar-refractivity contribution in [2.24, 2.45) is 0 Å². The van der Waals surface area contributed by atoms with E-state index in [4.69, 9.17) is 11.6 Å². The number of nitrogens with one attached hydrogen (secondary N) is 1. The van der Waals surface area contributed by atoms with Crippen LogP contribution in [-0.2, 0) is 0 Å². The van der Waals surface area contributed by atoms with Gasteiger partial charge >= 0.3 is 0 Å². The van der Waals surface area contributed by atoms with Crippen molar-refractivity contribution in [1.82, 2.24) is 15.1 Å². The van der Waals surface area contributed by atoms with Gasteiger partial charge in [0.2, 0.25) is 0 Å². The molecule has 0 aliphatic carbocycles. The molecule has 28 heavy (non-hydrogen) atoms. The highest BCUT2D eigenvalue weighted by molar-refractivity contribution is 6.30. The fraction of sp³-hybridized carbons (Fsp3) is 0.364. The lowest BCUT2D eigenvalue weighted by atomic mass is 10.0. The first kappa shape index (κ1) is 20.4. The van der Waals surface area contributed by atoms with Gasteiger partial charge in [0.05, 0.1) is 6.04 Å². The van der Waals surface area contributed by atoms with Gasteiger partial charge in [0, 0.05) is 48.9 Å². The monoisotopic (exact) mass is 399 g/mol. The highest BCUT2D eigenvalue weighted by Crippen LogP contribution is 2.26. The summed E-state index contributed by atoms with van der Waals surface area (Å²) in [6.07, 6.45) is 0. The Bertz CT molecular complexity index is 834. The van der Waals surface area contributed by atoms with Crippen molar-refractivity contribution in [1.29, 1.82) is 0 Å². The van der Waals surface area contributed by atoms with Crippen LogP contribution in [0, 0.1) is 0 Å². The molecule has 0 saturated carbocycles. The van der Waals surface area contributed by atoms with Gasteiger partial charge in [0.1, 0.15) is 0 Å². The third kappa shape index (κ3) is 4.37. The number of amides is 2. The number of rotatable bonds is 5. The smallest absolute Gasteiger partial charge is 0.254 e. The summed E-state index contributed by atoms with van der Waals surface area (Å²) < 4.78 is 0. The molecule has 6 heteroatoms. The minimum absolute atomic E-state index is 0.0111. The van der Waals surface area contributed by atoms with E-state index in [-0.39, 0.29) is 17.9 Å². The van der Waals surface area contributed by atoms with E-state index >= 15 is 0 Å². The van der Waals surface area contributed by atoms with Crippen molar-refractivity contribution in [3.8, 4) is 0 Å². The third-order valence-electron chi connectivity index (χ3n) is 5.17. The largest absolute Gasteiger partial charge is 0.339 e. The lowest BCUT2D eigenvalue weighted by molar-refractivity contribution is 0.0633. The van der Waals surface area contributed by atoms with Crippen LogP contribution in [-0.4, -0.2) is 54.3 Å². The quantitative estimate of drug-likeness (QED) is 0.835. The maximum absolute atomic E-state index is 13.2. The second-order valence-electron chi connectivity index (χ2n) is 6.83. The SMILES string of the molecule is CCN(CC)C(=O)c1ccc(C(=O)N2CCNCC2c2cccc(Cl)c2)cc1. The van der Waals surface area contributed by atoms with Crippen LogP contribution in [0.15, 0.2) is 48.5 Å². The molecule has 1 atom stereocenters. The number of benzene rings is 2. The molecule has 3 rings (SSSR count). The molecule has 0 aromatic heterocycles. The fourth-order valence-corrected chi connectivity index (χ4v) is 3.77. The van der Waals surface area contributed by atoms with E-state index in [1.807, 2.05) is 43.0 Å². The van der Waals surface area contributed by atoms with Crippen molar-refractivity contribution in [2.45, 2.75) is 19.9 Å².